The van der Waals surface area contributed by atoms with Crippen molar-refractivity contribution < 1.29 is 4.79 Å². The highest BCUT2D eigenvalue weighted by atomic mass is 35.5. The molecule has 0 rings (SSSR count). The van der Waals surface area contributed by atoms with Gasteiger partial charge in [0.25, 0.3) is 0 Å². The van der Waals surface area contributed by atoms with Crippen molar-refractivity contribution in [2.75, 3.05) is 20.1 Å². The van der Waals surface area contributed by atoms with E-state index in [1.807, 2.05) is 20.9 Å². The van der Waals surface area contributed by atoms with Crippen LogP contribution in [-0.2, 0) is 4.79 Å². The summed E-state index contributed by atoms with van der Waals surface area (Å²) in [5, 5.41) is 6.05. The number of amides is 1. The fraction of sp³-hybridized carbons (Fsp3) is 0.917. The first kappa shape index (κ1) is 18.1. The third kappa shape index (κ3) is 7.94. The summed E-state index contributed by atoms with van der Waals surface area (Å²) in [7, 11) is 1.92. The summed E-state index contributed by atoms with van der Waals surface area (Å²) in [4.78, 5) is 11.8. The standard InChI is InChI=1S/C12H26N2O.ClH/c1-10(2)9-12(3,4)11(15)14-8-6-7-13-5;/h10,13H,6-9H2,1-5H3,(H,14,15);1H. The Labute approximate surface area is 106 Å². The van der Waals surface area contributed by atoms with Crippen LogP contribution in [0.3, 0.4) is 0 Å². The Morgan fingerprint density at radius 2 is 1.81 bits per heavy atom. The Kier molecular flexibility index (Phi) is 9.98. The first-order chi connectivity index (χ1) is 6.90. The highest BCUT2D eigenvalue weighted by Crippen LogP contribution is 2.25. The topological polar surface area (TPSA) is 41.1 Å². The predicted molar refractivity (Wildman–Crippen MR) is 72.0 cm³/mol. The minimum Gasteiger partial charge on any atom is -0.356 e. The molecule has 4 heteroatoms. The maximum absolute atomic E-state index is 11.8. The van der Waals surface area contributed by atoms with Gasteiger partial charge in [0.1, 0.15) is 0 Å². The number of carbonyl (C=O) groups excluding carboxylic acids is 1. The van der Waals surface area contributed by atoms with Crippen molar-refractivity contribution >= 4 is 18.3 Å². The third-order valence-corrected chi connectivity index (χ3v) is 2.42. The molecule has 2 N–H and O–H groups in total. The molecule has 0 atom stereocenters. The molecule has 0 saturated heterocycles. The molecule has 0 bridgehead atoms. The average molecular weight is 251 g/mol. The molecule has 1 amide bonds. The second-order valence-electron chi connectivity index (χ2n) is 5.19. The first-order valence-corrected chi connectivity index (χ1v) is 5.83. The number of halogens is 1. The van der Waals surface area contributed by atoms with Crippen molar-refractivity contribution in [1.29, 1.82) is 0 Å². The lowest BCUT2D eigenvalue weighted by Crippen LogP contribution is -2.38. The molecule has 0 spiro atoms. The zero-order valence-electron chi connectivity index (χ0n) is 11.2. The molecule has 0 fully saturated rings. The van der Waals surface area contributed by atoms with Crippen LogP contribution >= 0.6 is 12.4 Å². The second-order valence-corrected chi connectivity index (χ2v) is 5.19. The van der Waals surface area contributed by atoms with Crippen LogP contribution in [-0.4, -0.2) is 26.0 Å². The van der Waals surface area contributed by atoms with Gasteiger partial charge < -0.3 is 10.6 Å². The highest BCUT2D eigenvalue weighted by Gasteiger charge is 2.27. The highest BCUT2D eigenvalue weighted by molar-refractivity contribution is 5.85. The second kappa shape index (κ2) is 8.82. The molecular formula is C12H27ClN2O. The Morgan fingerprint density at radius 3 is 2.25 bits per heavy atom. The van der Waals surface area contributed by atoms with Gasteiger partial charge in [-0.05, 0) is 32.4 Å². The molecule has 98 valence electrons. The number of carbonyl (C=O) groups is 1. The van der Waals surface area contributed by atoms with Crippen LogP contribution in [0.4, 0.5) is 0 Å². The van der Waals surface area contributed by atoms with Gasteiger partial charge in [-0.15, -0.1) is 12.4 Å². The van der Waals surface area contributed by atoms with E-state index in [4.69, 9.17) is 0 Å². The van der Waals surface area contributed by atoms with Crippen molar-refractivity contribution in [3.05, 3.63) is 0 Å². The number of rotatable bonds is 7. The van der Waals surface area contributed by atoms with E-state index in [0.717, 1.165) is 25.9 Å². The molecule has 0 aliphatic heterocycles. The fourth-order valence-corrected chi connectivity index (χ4v) is 1.82. The van der Waals surface area contributed by atoms with Gasteiger partial charge in [-0.25, -0.2) is 0 Å². The summed E-state index contributed by atoms with van der Waals surface area (Å²) in [5.74, 6) is 0.732. The molecule has 0 aromatic carbocycles. The maximum Gasteiger partial charge on any atom is 0.225 e. The molecule has 3 nitrogen and oxygen atoms in total. The summed E-state index contributed by atoms with van der Waals surface area (Å²) >= 11 is 0. The van der Waals surface area contributed by atoms with Crippen molar-refractivity contribution in [3.8, 4) is 0 Å². The van der Waals surface area contributed by atoms with Crippen LogP contribution in [0.1, 0.15) is 40.5 Å². The van der Waals surface area contributed by atoms with Crippen LogP contribution in [0.25, 0.3) is 0 Å². The van der Waals surface area contributed by atoms with E-state index >= 15 is 0 Å². The van der Waals surface area contributed by atoms with Gasteiger partial charge in [-0.3, -0.25) is 4.79 Å². The predicted octanol–water partition coefficient (Wildman–Crippen LogP) is 2.21. The Balaban J connectivity index is 0. The SMILES string of the molecule is CNCCCNC(=O)C(C)(C)CC(C)C.Cl. The van der Waals surface area contributed by atoms with E-state index in [0.29, 0.717) is 5.92 Å². The lowest BCUT2D eigenvalue weighted by molar-refractivity contribution is -0.130. The summed E-state index contributed by atoms with van der Waals surface area (Å²) < 4.78 is 0. The van der Waals surface area contributed by atoms with Crippen LogP contribution in [0.15, 0.2) is 0 Å². The van der Waals surface area contributed by atoms with Gasteiger partial charge in [-0.1, -0.05) is 27.7 Å². The largest absolute Gasteiger partial charge is 0.356 e. The van der Waals surface area contributed by atoms with E-state index in [2.05, 4.69) is 24.5 Å². The molecule has 0 aromatic heterocycles. The number of hydrogen-bond acceptors (Lipinski definition) is 2. The Hall–Kier alpha value is -0.280. The lowest BCUT2D eigenvalue weighted by atomic mass is 9.83. The van der Waals surface area contributed by atoms with E-state index in [9.17, 15) is 4.79 Å². The van der Waals surface area contributed by atoms with Crippen LogP contribution in [0.2, 0.25) is 0 Å². The molecule has 16 heavy (non-hydrogen) atoms. The van der Waals surface area contributed by atoms with Crippen LogP contribution in [0.5, 0.6) is 0 Å². The zero-order valence-corrected chi connectivity index (χ0v) is 12.0. The fourth-order valence-electron chi connectivity index (χ4n) is 1.82. The smallest absolute Gasteiger partial charge is 0.225 e. The van der Waals surface area contributed by atoms with Gasteiger partial charge in [0.15, 0.2) is 0 Å². The molecule has 0 aliphatic rings. The average Bonchev–Trinajstić information content (AvgIpc) is 2.10. The van der Waals surface area contributed by atoms with Gasteiger partial charge in [0.05, 0.1) is 0 Å². The first-order valence-electron chi connectivity index (χ1n) is 5.83. The number of hydrogen-bond donors (Lipinski definition) is 2. The zero-order chi connectivity index (χ0) is 11.9. The van der Waals surface area contributed by atoms with E-state index < -0.39 is 0 Å². The molecule has 0 aromatic rings. The summed E-state index contributed by atoms with van der Waals surface area (Å²) in [6, 6.07) is 0. The van der Waals surface area contributed by atoms with Crippen molar-refractivity contribution in [3.63, 3.8) is 0 Å². The molecule has 0 aliphatic carbocycles. The quantitative estimate of drug-likeness (QED) is 0.681. The Bertz CT molecular complexity index is 193. The van der Waals surface area contributed by atoms with E-state index in [1.165, 1.54) is 0 Å². The molecule has 0 heterocycles. The lowest BCUT2D eigenvalue weighted by Gasteiger charge is -2.25. The normalized spacial score (nSPS) is 11.1. The molecule has 0 saturated carbocycles. The summed E-state index contributed by atoms with van der Waals surface area (Å²) in [5.41, 5.74) is -0.242. The Morgan fingerprint density at radius 1 is 1.25 bits per heavy atom. The number of nitrogens with one attached hydrogen (secondary N) is 2. The van der Waals surface area contributed by atoms with E-state index in [-0.39, 0.29) is 23.7 Å². The summed E-state index contributed by atoms with van der Waals surface area (Å²) in [6.45, 7) is 10.0. The minimum atomic E-state index is -0.242. The molecule has 0 radical (unpaired) electrons. The van der Waals surface area contributed by atoms with Gasteiger partial charge >= 0.3 is 0 Å². The molecule has 0 unspecified atom stereocenters. The van der Waals surface area contributed by atoms with Gasteiger partial charge in [0, 0.05) is 12.0 Å². The monoisotopic (exact) mass is 250 g/mol. The van der Waals surface area contributed by atoms with Crippen LogP contribution in [0, 0.1) is 11.3 Å². The molecular weight excluding hydrogens is 224 g/mol. The third-order valence-electron chi connectivity index (χ3n) is 2.42. The van der Waals surface area contributed by atoms with Crippen molar-refractivity contribution in [2.45, 2.75) is 40.5 Å². The van der Waals surface area contributed by atoms with Crippen molar-refractivity contribution in [1.82, 2.24) is 10.6 Å². The van der Waals surface area contributed by atoms with Gasteiger partial charge in [0.2, 0.25) is 5.91 Å². The van der Waals surface area contributed by atoms with Crippen molar-refractivity contribution in [2.24, 2.45) is 11.3 Å². The van der Waals surface area contributed by atoms with E-state index in [1.54, 1.807) is 0 Å². The van der Waals surface area contributed by atoms with Gasteiger partial charge in [-0.2, -0.15) is 0 Å². The maximum atomic E-state index is 11.8. The van der Waals surface area contributed by atoms with Crippen LogP contribution < -0.4 is 10.6 Å². The summed E-state index contributed by atoms with van der Waals surface area (Å²) in [6.07, 6.45) is 1.92. The minimum absolute atomic E-state index is 0.